The van der Waals surface area contributed by atoms with Crippen LogP contribution in [0.25, 0.3) is 0 Å². The highest BCUT2D eigenvalue weighted by atomic mass is 79.9. The van der Waals surface area contributed by atoms with E-state index in [9.17, 15) is 8.78 Å². The highest BCUT2D eigenvalue weighted by Crippen LogP contribution is 2.40. The lowest BCUT2D eigenvalue weighted by atomic mass is 10.0. The van der Waals surface area contributed by atoms with Crippen molar-refractivity contribution in [2.24, 2.45) is 5.92 Å². The summed E-state index contributed by atoms with van der Waals surface area (Å²) in [4.78, 5) is -2.95. The standard InChI is InChI=1S/C11H17BrF2O3/c12-11(13,14)8-4-3-7-16-10(8)17-9-5-1-2-6-15-9/h8-10H,1-7H2. The zero-order valence-electron chi connectivity index (χ0n) is 9.54. The van der Waals surface area contributed by atoms with Crippen molar-refractivity contribution in [3.63, 3.8) is 0 Å². The Morgan fingerprint density at radius 1 is 1.06 bits per heavy atom. The van der Waals surface area contributed by atoms with E-state index in [-0.39, 0.29) is 0 Å². The summed E-state index contributed by atoms with van der Waals surface area (Å²) < 4.78 is 42.9. The molecular weight excluding hydrogens is 298 g/mol. The Morgan fingerprint density at radius 3 is 2.47 bits per heavy atom. The first-order valence-corrected chi connectivity index (χ1v) is 6.82. The molecule has 100 valence electrons. The van der Waals surface area contributed by atoms with Crippen molar-refractivity contribution in [2.45, 2.75) is 49.5 Å². The van der Waals surface area contributed by atoms with E-state index in [0.717, 1.165) is 19.3 Å². The van der Waals surface area contributed by atoms with Crippen molar-refractivity contribution in [3.05, 3.63) is 0 Å². The Labute approximate surface area is 108 Å². The van der Waals surface area contributed by atoms with Crippen LogP contribution in [0.5, 0.6) is 0 Å². The topological polar surface area (TPSA) is 27.7 Å². The van der Waals surface area contributed by atoms with Crippen molar-refractivity contribution in [1.29, 1.82) is 0 Å². The quantitative estimate of drug-likeness (QED) is 0.748. The minimum absolute atomic E-state index is 0.398. The first kappa shape index (κ1) is 13.6. The van der Waals surface area contributed by atoms with Gasteiger partial charge in [0.25, 0.3) is 0 Å². The molecule has 2 aliphatic rings. The van der Waals surface area contributed by atoms with Crippen LogP contribution < -0.4 is 0 Å². The second kappa shape index (κ2) is 5.91. The van der Waals surface area contributed by atoms with Gasteiger partial charge in [0.1, 0.15) is 0 Å². The van der Waals surface area contributed by atoms with Crippen LogP contribution in [0.1, 0.15) is 32.1 Å². The predicted molar refractivity (Wildman–Crippen MR) is 61.0 cm³/mol. The molecule has 0 aromatic rings. The molecule has 2 heterocycles. The Balaban J connectivity index is 1.91. The van der Waals surface area contributed by atoms with E-state index >= 15 is 0 Å². The molecule has 3 atom stereocenters. The monoisotopic (exact) mass is 314 g/mol. The average molecular weight is 315 g/mol. The maximum Gasteiger partial charge on any atom is 0.309 e. The Bertz CT molecular complexity index is 241. The fourth-order valence-corrected chi connectivity index (χ4v) is 2.62. The third kappa shape index (κ3) is 3.84. The second-order valence-corrected chi connectivity index (χ2v) is 5.52. The third-order valence-electron chi connectivity index (χ3n) is 3.11. The molecule has 6 heteroatoms. The molecular formula is C11H17BrF2O3. The summed E-state index contributed by atoms with van der Waals surface area (Å²) in [6.07, 6.45) is 2.52. The Kier molecular flexibility index (Phi) is 4.74. The Morgan fingerprint density at radius 2 is 1.82 bits per heavy atom. The summed E-state index contributed by atoms with van der Waals surface area (Å²) in [6, 6.07) is 0. The highest BCUT2D eigenvalue weighted by molar-refractivity contribution is 9.10. The zero-order valence-corrected chi connectivity index (χ0v) is 11.1. The molecule has 0 radical (unpaired) electrons. The van der Waals surface area contributed by atoms with Gasteiger partial charge in [-0.1, -0.05) is 0 Å². The third-order valence-corrected chi connectivity index (χ3v) is 3.70. The van der Waals surface area contributed by atoms with Gasteiger partial charge in [-0.15, -0.1) is 0 Å². The van der Waals surface area contributed by atoms with Gasteiger partial charge in [-0.05, 0) is 48.0 Å². The molecule has 0 spiro atoms. The van der Waals surface area contributed by atoms with E-state index in [0.29, 0.717) is 26.1 Å². The molecule has 0 saturated carbocycles. The Hall–Kier alpha value is 0.220. The summed E-state index contributed by atoms with van der Waals surface area (Å²) >= 11 is 2.41. The van der Waals surface area contributed by atoms with Gasteiger partial charge in [-0.2, -0.15) is 8.78 Å². The van der Waals surface area contributed by atoms with E-state index in [1.807, 2.05) is 0 Å². The molecule has 2 saturated heterocycles. The lowest BCUT2D eigenvalue weighted by Gasteiger charge is -2.36. The number of alkyl halides is 3. The van der Waals surface area contributed by atoms with Crippen molar-refractivity contribution in [2.75, 3.05) is 13.2 Å². The van der Waals surface area contributed by atoms with Gasteiger partial charge >= 0.3 is 4.83 Å². The van der Waals surface area contributed by atoms with E-state index in [2.05, 4.69) is 15.9 Å². The number of halogens is 3. The van der Waals surface area contributed by atoms with E-state index in [1.54, 1.807) is 0 Å². The minimum atomic E-state index is -2.95. The molecule has 0 aliphatic carbocycles. The zero-order chi connectivity index (χ0) is 12.3. The first-order valence-electron chi connectivity index (χ1n) is 6.03. The summed E-state index contributed by atoms with van der Waals surface area (Å²) in [7, 11) is 0. The van der Waals surface area contributed by atoms with E-state index in [4.69, 9.17) is 14.2 Å². The largest absolute Gasteiger partial charge is 0.353 e. The normalized spacial score (nSPS) is 35.8. The van der Waals surface area contributed by atoms with Crippen LogP contribution >= 0.6 is 15.9 Å². The smallest absolute Gasteiger partial charge is 0.309 e. The molecule has 2 fully saturated rings. The number of ether oxygens (including phenoxy) is 3. The second-order valence-electron chi connectivity index (χ2n) is 4.46. The summed E-state index contributed by atoms with van der Waals surface area (Å²) in [6.45, 7) is 1.10. The molecule has 0 N–H and O–H groups in total. The molecule has 2 rings (SSSR count). The molecule has 0 amide bonds. The van der Waals surface area contributed by atoms with E-state index < -0.39 is 23.3 Å². The summed E-state index contributed by atoms with van der Waals surface area (Å²) in [5, 5.41) is 0. The van der Waals surface area contributed by atoms with Gasteiger partial charge < -0.3 is 14.2 Å². The lowest BCUT2D eigenvalue weighted by molar-refractivity contribution is -0.295. The van der Waals surface area contributed by atoms with Crippen LogP contribution in [0.15, 0.2) is 0 Å². The van der Waals surface area contributed by atoms with E-state index in [1.165, 1.54) is 0 Å². The number of rotatable bonds is 3. The summed E-state index contributed by atoms with van der Waals surface area (Å²) in [5.41, 5.74) is 0. The van der Waals surface area contributed by atoms with Gasteiger partial charge in [0.2, 0.25) is 0 Å². The average Bonchev–Trinajstić information content (AvgIpc) is 2.30. The van der Waals surface area contributed by atoms with Crippen molar-refractivity contribution < 1.29 is 23.0 Å². The molecule has 0 aromatic carbocycles. The fraction of sp³-hybridized carbons (Fsp3) is 1.00. The number of hydrogen-bond donors (Lipinski definition) is 0. The van der Waals surface area contributed by atoms with Crippen LogP contribution in [0.4, 0.5) is 8.78 Å². The van der Waals surface area contributed by atoms with Gasteiger partial charge in [-0.3, -0.25) is 0 Å². The van der Waals surface area contributed by atoms with Crippen molar-refractivity contribution in [1.82, 2.24) is 0 Å². The summed E-state index contributed by atoms with van der Waals surface area (Å²) in [5.74, 6) is -0.943. The highest BCUT2D eigenvalue weighted by Gasteiger charge is 2.45. The van der Waals surface area contributed by atoms with Crippen LogP contribution in [0, 0.1) is 5.92 Å². The lowest BCUT2D eigenvalue weighted by Crippen LogP contribution is -2.43. The van der Waals surface area contributed by atoms with Crippen LogP contribution in [0.2, 0.25) is 0 Å². The van der Waals surface area contributed by atoms with Crippen LogP contribution in [-0.2, 0) is 14.2 Å². The molecule has 3 nitrogen and oxygen atoms in total. The fourth-order valence-electron chi connectivity index (χ4n) is 2.18. The van der Waals surface area contributed by atoms with Gasteiger partial charge in [0, 0.05) is 13.2 Å². The van der Waals surface area contributed by atoms with Crippen LogP contribution in [0.3, 0.4) is 0 Å². The van der Waals surface area contributed by atoms with Crippen LogP contribution in [-0.4, -0.2) is 30.6 Å². The maximum absolute atomic E-state index is 13.3. The first-order chi connectivity index (χ1) is 8.07. The molecule has 2 aliphatic heterocycles. The minimum Gasteiger partial charge on any atom is -0.353 e. The maximum atomic E-state index is 13.3. The molecule has 0 bridgehead atoms. The molecule has 0 aromatic heterocycles. The molecule has 17 heavy (non-hydrogen) atoms. The van der Waals surface area contributed by atoms with Gasteiger partial charge in [0.15, 0.2) is 12.6 Å². The predicted octanol–water partition coefficient (Wildman–Crippen LogP) is 3.27. The molecule has 3 unspecified atom stereocenters. The number of hydrogen-bond acceptors (Lipinski definition) is 3. The SMILES string of the molecule is FC(F)(Br)C1CCCOC1OC1CCCCO1. The van der Waals surface area contributed by atoms with Gasteiger partial charge in [0.05, 0.1) is 5.92 Å². The van der Waals surface area contributed by atoms with Crippen molar-refractivity contribution >= 4 is 15.9 Å². The van der Waals surface area contributed by atoms with Crippen molar-refractivity contribution in [3.8, 4) is 0 Å². The van der Waals surface area contributed by atoms with Gasteiger partial charge in [-0.25, -0.2) is 0 Å².